The number of anilines is 3. The Kier molecular flexibility index (Phi) is 8.08. The summed E-state index contributed by atoms with van der Waals surface area (Å²) in [5.41, 5.74) is 14.7. The first-order valence-corrected chi connectivity index (χ1v) is 20.4. The van der Waals surface area contributed by atoms with Crippen LogP contribution < -0.4 is 4.90 Å². The molecule has 0 N–H and O–H groups in total. The molecule has 1 heteroatoms. The van der Waals surface area contributed by atoms with Crippen molar-refractivity contribution in [1.29, 1.82) is 0 Å². The van der Waals surface area contributed by atoms with E-state index in [1.807, 2.05) is 0 Å². The van der Waals surface area contributed by atoms with Crippen molar-refractivity contribution in [3.05, 3.63) is 235 Å². The fraction of sp³-hybridized carbons (Fsp3) is 0.0526. The molecule has 1 aliphatic carbocycles. The van der Waals surface area contributed by atoms with Gasteiger partial charge in [0.05, 0.1) is 5.69 Å². The Labute approximate surface area is 340 Å². The van der Waals surface area contributed by atoms with Gasteiger partial charge in [-0.15, -0.1) is 0 Å². The number of hydrogen-bond donors (Lipinski definition) is 0. The number of hydrogen-bond acceptors (Lipinski definition) is 1. The quantitative estimate of drug-likeness (QED) is 0.157. The molecule has 0 saturated carbocycles. The largest absolute Gasteiger partial charge is 0.310 e. The minimum absolute atomic E-state index is 0.298. The van der Waals surface area contributed by atoms with Crippen molar-refractivity contribution in [2.75, 3.05) is 4.90 Å². The van der Waals surface area contributed by atoms with Crippen LogP contribution in [0.4, 0.5) is 17.1 Å². The zero-order valence-corrected chi connectivity index (χ0v) is 32.4. The summed E-state index contributed by atoms with van der Waals surface area (Å²) in [4.78, 5) is 2.47. The number of benzene rings is 10. The molecule has 10 aromatic carbocycles. The predicted octanol–water partition coefficient (Wildman–Crippen LogP) is 15.7. The molecule has 1 atom stereocenters. The van der Waals surface area contributed by atoms with Crippen molar-refractivity contribution in [3.8, 4) is 33.4 Å². The van der Waals surface area contributed by atoms with E-state index >= 15 is 0 Å². The summed E-state index contributed by atoms with van der Waals surface area (Å²) in [6.07, 6.45) is 0.943. The van der Waals surface area contributed by atoms with Crippen molar-refractivity contribution in [2.24, 2.45) is 0 Å². The Bertz CT molecular complexity index is 3020. The summed E-state index contributed by atoms with van der Waals surface area (Å²) in [6, 6.07) is 80.7. The molecule has 1 nitrogen and oxygen atoms in total. The maximum atomic E-state index is 2.47. The molecule has 0 aromatic heterocycles. The van der Waals surface area contributed by atoms with E-state index in [9.17, 15) is 0 Å². The molecule has 1 unspecified atom stereocenters. The highest BCUT2D eigenvalue weighted by molar-refractivity contribution is 6.00. The summed E-state index contributed by atoms with van der Waals surface area (Å²) in [6.45, 7) is 2.35. The second-order valence-electron chi connectivity index (χ2n) is 15.5. The van der Waals surface area contributed by atoms with E-state index in [-0.39, 0.29) is 5.41 Å². The van der Waals surface area contributed by atoms with E-state index in [1.54, 1.807) is 0 Å². The molecule has 1 aliphatic rings. The molecule has 0 bridgehead atoms. The second-order valence-corrected chi connectivity index (χ2v) is 15.5. The van der Waals surface area contributed by atoms with Crippen LogP contribution in [-0.4, -0.2) is 0 Å². The van der Waals surface area contributed by atoms with Crippen LogP contribution in [0.15, 0.2) is 218 Å². The monoisotopic (exact) mass is 739 g/mol. The molecule has 0 spiro atoms. The van der Waals surface area contributed by atoms with E-state index in [4.69, 9.17) is 0 Å². The van der Waals surface area contributed by atoms with Gasteiger partial charge >= 0.3 is 0 Å². The van der Waals surface area contributed by atoms with Gasteiger partial charge in [0, 0.05) is 22.4 Å². The third-order valence-corrected chi connectivity index (χ3v) is 12.6. The minimum atomic E-state index is -0.298. The van der Waals surface area contributed by atoms with Gasteiger partial charge in [0.15, 0.2) is 0 Å². The van der Waals surface area contributed by atoms with E-state index < -0.39 is 0 Å². The van der Waals surface area contributed by atoms with Gasteiger partial charge in [-0.2, -0.15) is 0 Å². The molecule has 11 rings (SSSR count). The predicted molar refractivity (Wildman–Crippen MR) is 247 cm³/mol. The van der Waals surface area contributed by atoms with E-state index in [1.165, 1.54) is 88.1 Å². The van der Waals surface area contributed by atoms with Gasteiger partial charge in [0.25, 0.3) is 0 Å². The first-order chi connectivity index (χ1) is 28.7. The topological polar surface area (TPSA) is 3.24 Å². The fourth-order valence-electron chi connectivity index (χ4n) is 9.90. The van der Waals surface area contributed by atoms with Crippen molar-refractivity contribution in [2.45, 2.75) is 18.8 Å². The third kappa shape index (κ3) is 5.31. The maximum Gasteiger partial charge on any atom is 0.0543 e. The van der Waals surface area contributed by atoms with Crippen LogP contribution in [0.25, 0.3) is 65.7 Å². The lowest BCUT2D eigenvalue weighted by atomic mass is 9.70. The molecule has 0 radical (unpaired) electrons. The van der Waals surface area contributed by atoms with Gasteiger partial charge in [-0.3, -0.25) is 0 Å². The van der Waals surface area contributed by atoms with Gasteiger partial charge in [-0.1, -0.05) is 189 Å². The van der Waals surface area contributed by atoms with E-state index in [0.29, 0.717) is 0 Å². The van der Waals surface area contributed by atoms with Crippen LogP contribution >= 0.6 is 0 Å². The summed E-state index contributed by atoms with van der Waals surface area (Å²) in [5.74, 6) is 0. The summed E-state index contributed by atoms with van der Waals surface area (Å²) >= 11 is 0. The molecule has 58 heavy (non-hydrogen) atoms. The normalized spacial score (nSPS) is 14.4. The number of nitrogens with zero attached hydrogens (tertiary/aromatic N) is 1. The van der Waals surface area contributed by atoms with Crippen LogP contribution in [-0.2, 0) is 5.41 Å². The van der Waals surface area contributed by atoms with Crippen LogP contribution in [0.2, 0.25) is 0 Å². The Balaban J connectivity index is 1.11. The molecular weight excluding hydrogens is 699 g/mol. The van der Waals surface area contributed by atoms with Gasteiger partial charge < -0.3 is 4.90 Å². The van der Waals surface area contributed by atoms with Gasteiger partial charge in [-0.25, -0.2) is 0 Å². The van der Waals surface area contributed by atoms with Crippen LogP contribution in [0.1, 0.15) is 30.0 Å². The molecule has 10 aromatic rings. The number of rotatable bonds is 7. The van der Waals surface area contributed by atoms with Crippen LogP contribution in [0, 0.1) is 0 Å². The van der Waals surface area contributed by atoms with Crippen molar-refractivity contribution >= 4 is 49.4 Å². The lowest BCUT2D eigenvalue weighted by Gasteiger charge is -2.33. The molecule has 0 saturated heterocycles. The maximum absolute atomic E-state index is 2.47. The van der Waals surface area contributed by atoms with Gasteiger partial charge in [0.1, 0.15) is 0 Å². The molecule has 274 valence electrons. The fourth-order valence-corrected chi connectivity index (χ4v) is 9.90. The summed E-state index contributed by atoms with van der Waals surface area (Å²) in [7, 11) is 0. The SMILES string of the molecule is CCC1(c2ccc3ccccc3c2)c2ccccc2-c2c(N(c3ccc(-c4cccc5ccccc45)cc3)c3ccc(-c4cccc5ccccc45)cc3)cccc21. The van der Waals surface area contributed by atoms with Crippen molar-refractivity contribution in [3.63, 3.8) is 0 Å². The zero-order chi connectivity index (χ0) is 38.6. The van der Waals surface area contributed by atoms with E-state index in [0.717, 1.165) is 17.8 Å². The second kappa shape index (κ2) is 13.8. The van der Waals surface area contributed by atoms with Crippen molar-refractivity contribution in [1.82, 2.24) is 0 Å². The molecule has 0 amide bonds. The van der Waals surface area contributed by atoms with Crippen LogP contribution in [0.3, 0.4) is 0 Å². The Morgan fingerprint density at radius 2 is 0.862 bits per heavy atom. The highest BCUT2D eigenvalue weighted by Crippen LogP contribution is 2.58. The lowest BCUT2D eigenvalue weighted by Crippen LogP contribution is -2.26. The average molecular weight is 740 g/mol. The first-order valence-electron chi connectivity index (χ1n) is 20.4. The Morgan fingerprint density at radius 1 is 0.379 bits per heavy atom. The highest BCUT2D eigenvalue weighted by atomic mass is 15.1. The summed E-state index contributed by atoms with van der Waals surface area (Å²) in [5, 5.41) is 7.57. The van der Waals surface area contributed by atoms with Gasteiger partial charge in [-0.05, 0) is 120 Å². The summed E-state index contributed by atoms with van der Waals surface area (Å²) < 4.78 is 0. The average Bonchev–Trinajstić information content (AvgIpc) is 3.60. The highest BCUT2D eigenvalue weighted by Gasteiger charge is 2.44. The smallest absolute Gasteiger partial charge is 0.0543 e. The third-order valence-electron chi connectivity index (χ3n) is 12.6. The van der Waals surface area contributed by atoms with Crippen molar-refractivity contribution < 1.29 is 0 Å². The minimum Gasteiger partial charge on any atom is -0.310 e. The van der Waals surface area contributed by atoms with Crippen LogP contribution in [0.5, 0.6) is 0 Å². The van der Waals surface area contributed by atoms with Gasteiger partial charge in [0.2, 0.25) is 0 Å². The molecular formula is C57H41N. The molecule has 0 aliphatic heterocycles. The molecule has 0 fully saturated rings. The zero-order valence-electron chi connectivity index (χ0n) is 32.4. The standard InChI is InChI=1S/C57H41N/c1-2-57(45-33-28-39-14-3-4-17-44(39)38-45)53-25-10-9-22-52(53)56-54(57)26-13-27-55(56)58(46-34-29-42(30-35-46)50-23-11-18-40-15-5-7-20-48(40)50)47-36-31-43(32-37-47)51-24-12-19-41-16-6-8-21-49(41)51/h3-38H,2H2,1H3. The first kappa shape index (κ1) is 34.1. The van der Waals surface area contributed by atoms with E-state index in [2.05, 4.69) is 230 Å². The lowest BCUT2D eigenvalue weighted by molar-refractivity contribution is 0.610. The Morgan fingerprint density at radius 3 is 1.48 bits per heavy atom. The molecule has 0 heterocycles. The number of fused-ring (bicyclic) bond motifs is 6. The Hall–Kier alpha value is -7.22.